The first-order valence-electron chi connectivity index (χ1n) is 10.2. The van der Waals surface area contributed by atoms with Crippen LogP contribution >= 0.6 is 0 Å². The Labute approximate surface area is 185 Å². The van der Waals surface area contributed by atoms with Gasteiger partial charge in [-0.15, -0.1) is 0 Å². The molecule has 0 spiro atoms. The lowest BCUT2D eigenvalue weighted by molar-refractivity contribution is 0.0845. The number of carbonyl (C=O) groups excluding carboxylic acids is 2. The van der Waals surface area contributed by atoms with Crippen LogP contribution in [0.5, 0.6) is 11.5 Å². The lowest BCUT2D eigenvalue weighted by Gasteiger charge is -2.12. The van der Waals surface area contributed by atoms with Gasteiger partial charge in [-0.3, -0.25) is 25.2 Å². The van der Waals surface area contributed by atoms with Crippen LogP contribution in [-0.2, 0) is 6.54 Å². The van der Waals surface area contributed by atoms with Crippen LogP contribution in [0, 0.1) is 0 Å². The van der Waals surface area contributed by atoms with Crippen molar-refractivity contribution in [2.45, 2.75) is 19.9 Å². The highest BCUT2D eigenvalue weighted by Gasteiger charge is 2.15. The van der Waals surface area contributed by atoms with E-state index in [-0.39, 0.29) is 11.1 Å². The van der Waals surface area contributed by atoms with Crippen molar-refractivity contribution < 1.29 is 19.1 Å². The highest BCUT2D eigenvalue weighted by molar-refractivity contribution is 5.99. The Morgan fingerprint density at radius 1 is 0.938 bits per heavy atom. The molecule has 3 rings (SSSR count). The average Bonchev–Trinajstić information content (AvgIpc) is 2.82. The lowest BCUT2D eigenvalue weighted by Crippen LogP contribution is -2.44. The number of hydrazine groups is 1. The third kappa shape index (κ3) is 5.54. The molecule has 2 amide bonds. The molecule has 0 bridgehead atoms. The average molecular weight is 435 g/mol. The molecule has 2 N–H and O–H groups in total. The molecule has 0 unspecified atom stereocenters. The second kappa shape index (κ2) is 10.8. The number of rotatable bonds is 8. The molecular weight excluding hydrogens is 410 g/mol. The minimum atomic E-state index is -0.708. The van der Waals surface area contributed by atoms with Crippen molar-refractivity contribution in [2.24, 2.45) is 0 Å². The van der Waals surface area contributed by atoms with Gasteiger partial charge in [0, 0.05) is 11.8 Å². The smallest absolute Gasteiger partial charge is 0.275 e. The number of pyridine rings is 1. The summed E-state index contributed by atoms with van der Waals surface area (Å²) in [6, 6.07) is 17.2. The lowest BCUT2D eigenvalue weighted by atomic mass is 10.2. The largest absolute Gasteiger partial charge is 0.493 e. The Kier molecular flexibility index (Phi) is 7.64. The molecule has 0 saturated heterocycles. The summed E-state index contributed by atoms with van der Waals surface area (Å²) in [7, 11) is 1.48. The van der Waals surface area contributed by atoms with Gasteiger partial charge >= 0.3 is 0 Å². The number of nitrogens with zero attached hydrogens (tertiary/aromatic N) is 1. The van der Waals surface area contributed by atoms with Crippen molar-refractivity contribution >= 4 is 11.8 Å². The second-order valence-electron chi connectivity index (χ2n) is 6.96. The van der Waals surface area contributed by atoms with Gasteiger partial charge in [0.05, 0.1) is 20.3 Å². The molecule has 0 saturated carbocycles. The van der Waals surface area contributed by atoms with E-state index < -0.39 is 17.4 Å². The number of aromatic nitrogens is 1. The number of hydrogen-bond acceptors (Lipinski definition) is 5. The Morgan fingerprint density at radius 3 is 2.41 bits per heavy atom. The SMILES string of the molecule is CCCOc1ccc(C(=O)NNC(=O)c2cccn(Cc3ccccc3)c2=O)cc1OC. The number of carbonyl (C=O) groups is 2. The number of hydrogen-bond donors (Lipinski definition) is 2. The fraction of sp³-hybridized carbons (Fsp3) is 0.208. The summed E-state index contributed by atoms with van der Waals surface area (Å²) in [5.41, 5.74) is 5.28. The molecule has 0 atom stereocenters. The van der Waals surface area contributed by atoms with Crippen molar-refractivity contribution in [1.82, 2.24) is 15.4 Å². The predicted molar refractivity (Wildman–Crippen MR) is 120 cm³/mol. The number of benzene rings is 2. The summed E-state index contributed by atoms with van der Waals surface area (Å²) in [6.45, 7) is 2.84. The summed E-state index contributed by atoms with van der Waals surface area (Å²) in [6.07, 6.45) is 2.45. The monoisotopic (exact) mass is 435 g/mol. The Bertz CT molecular complexity index is 1140. The maximum atomic E-state index is 12.7. The topological polar surface area (TPSA) is 98.7 Å². The molecule has 1 heterocycles. The van der Waals surface area contributed by atoms with Gasteiger partial charge in [-0.2, -0.15) is 0 Å². The molecule has 0 aliphatic rings. The van der Waals surface area contributed by atoms with E-state index in [1.54, 1.807) is 24.4 Å². The molecule has 8 nitrogen and oxygen atoms in total. The zero-order chi connectivity index (χ0) is 22.9. The maximum absolute atomic E-state index is 12.7. The predicted octanol–water partition coefficient (Wildman–Crippen LogP) is 2.77. The van der Waals surface area contributed by atoms with Gasteiger partial charge in [0.15, 0.2) is 11.5 Å². The van der Waals surface area contributed by atoms with E-state index in [4.69, 9.17) is 9.47 Å². The van der Waals surface area contributed by atoms with Crippen LogP contribution in [0.15, 0.2) is 71.7 Å². The Morgan fingerprint density at radius 2 is 1.69 bits per heavy atom. The zero-order valence-electron chi connectivity index (χ0n) is 18.0. The standard InChI is InChI=1S/C24H25N3O5/c1-3-14-32-20-12-11-18(15-21(20)31-2)22(28)25-26-23(29)19-10-7-13-27(24(19)30)16-17-8-5-4-6-9-17/h4-13,15H,3,14,16H2,1-2H3,(H,25,28)(H,26,29). The summed E-state index contributed by atoms with van der Waals surface area (Å²) in [5, 5.41) is 0. The van der Waals surface area contributed by atoms with Crippen LogP contribution in [0.4, 0.5) is 0 Å². The van der Waals surface area contributed by atoms with E-state index in [9.17, 15) is 14.4 Å². The van der Waals surface area contributed by atoms with Crippen molar-refractivity contribution in [2.75, 3.05) is 13.7 Å². The molecule has 0 fully saturated rings. The number of amides is 2. The van der Waals surface area contributed by atoms with Crippen LogP contribution < -0.4 is 25.9 Å². The highest BCUT2D eigenvalue weighted by Crippen LogP contribution is 2.28. The molecule has 0 aliphatic carbocycles. The third-order valence-corrected chi connectivity index (χ3v) is 4.64. The fourth-order valence-electron chi connectivity index (χ4n) is 3.01. The summed E-state index contributed by atoms with van der Waals surface area (Å²) in [5.74, 6) is -0.331. The van der Waals surface area contributed by atoms with E-state index in [0.29, 0.717) is 24.7 Å². The first-order chi connectivity index (χ1) is 15.5. The molecule has 2 aromatic carbocycles. The summed E-state index contributed by atoms with van der Waals surface area (Å²) in [4.78, 5) is 37.7. The molecule has 8 heteroatoms. The van der Waals surface area contributed by atoms with E-state index >= 15 is 0 Å². The molecule has 32 heavy (non-hydrogen) atoms. The van der Waals surface area contributed by atoms with Gasteiger partial charge in [0.1, 0.15) is 5.56 Å². The van der Waals surface area contributed by atoms with Crippen LogP contribution in [0.2, 0.25) is 0 Å². The van der Waals surface area contributed by atoms with Crippen molar-refractivity contribution in [3.05, 3.63) is 93.9 Å². The van der Waals surface area contributed by atoms with Crippen LogP contribution in [0.3, 0.4) is 0 Å². The van der Waals surface area contributed by atoms with Gasteiger partial charge in [-0.25, -0.2) is 0 Å². The number of ether oxygens (including phenoxy) is 2. The first-order valence-corrected chi connectivity index (χ1v) is 10.2. The normalized spacial score (nSPS) is 10.3. The van der Waals surface area contributed by atoms with Gasteiger partial charge < -0.3 is 14.0 Å². The highest BCUT2D eigenvalue weighted by atomic mass is 16.5. The molecule has 1 aromatic heterocycles. The van der Waals surface area contributed by atoms with Crippen LogP contribution in [0.1, 0.15) is 39.6 Å². The zero-order valence-corrected chi connectivity index (χ0v) is 18.0. The number of nitrogens with one attached hydrogen (secondary N) is 2. The van der Waals surface area contributed by atoms with Crippen molar-refractivity contribution in [3.8, 4) is 11.5 Å². The van der Waals surface area contributed by atoms with Gasteiger partial charge in [-0.05, 0) is 42.3 Å². The first kappa shape index (κ1) is 22.6. The van der Waals surface area contributed by atoms with Gasteiger partial charge in [0.25, 0.3) is 17.4 Å². The molecular formula is C24H25N3O5. The Hall–Kier alpha value is -4.07. The van der Waals surface area contributed by atoms with Crippen molar-refractivity contribution in [1.29, 1.82) is 0 Å². The fourth-order valence-corrected chi connectivity index (χ4v) is 3.01. The molecule has 0 radical (unpaired) electrons. The maximum Gasteiger partial charge on any atom is 0.275 e. The summed E-state index contributed by atoms with van der Waals surface area (Å²) >= 11 is 0. The van der Waals surface area contributed by atoms with Gasteiger partial charge in [-0.1, -0.05) is 37.3 Å². The van der Waals surface area contributed by atoms with Gasteiger partial charge in [0.2, 0.25) is 0 Å². The molecule has 0 aliphatic heterocycles. The molecule has 166 valence electrons. The van der Waals surface area contributed by atoms with Crippen LogP contribution in [0.25, 0.3) is 0 Å². The minimum Gasteiger partial charge on any atom is -0.493 e. The number of methoxy groups -OCH3 is 1. The Balaban J connectivity index is 1.67. The van der Waals surface area contributed by atoms with E-state index in [0.717, 1.165) is 12.0 Å². The summed E-state index contributed by atoms with van der Waals surface area (Å²) < 4.78 is 12.3. The second-order valence-corrected chi connectivity index (χ2v) is 6.96. The minimum absolute atomic E-state index is 0.0791. The van der Waals surface area contributed by atoms with E-state index in [1.165, 1.54) is 23.8 Å². The van der Waals surface area contributed by atoms with Crippen molar-refractivity contribution in [3.63, 3.8) is 0 Å². The van der Waals surface area contributed by atoms with Crippen LogP contribution in [-0.4, -0.2) is 30.1 Å². The molecule has 3 aromatic rings. The van der Waals surface area contributed by atoms with E-state index in [2.05, 4.69) is 10.9 Å². The quantitative estimate of drug-likeness (QED) is 0.530. The van der Waals surface area contributed by atoms with E-state index in [1.807, 2.05) is 37.3 Å². The third-order valence-electron chi connectivity index (χ3n) is 4.64.